The van der Waals surface area contributed by atoms with Gasteiger partial charge < -0.3 is 10.6 Å². The van der Waals surface area contributed by atoms with Crippen molar-refractivity contribution >= 4 is 0 Å². The molecule has 0 saturated carbocycles. The first kappa shape index (κ1) is 5.95. The zero-order valence-electron chi connectivity index (χ0n) is 5.39. The molecule has 0 unspecified atom stereocenters. The van der Waals surface area contributed by atoms with Gasteiger partial charge in [0.25, 0.3) is 0 Å². The van der Waals surface area contributed by atoms with Gasteiger partial charge in [0.1, 0.15) is 5.82 Å². The third-order valence-corrected chi connectivity index (χ3v) is 1.09. The summed E-state index contributed by atoms with van der Waals surface area (Å²) in [6, 6.07) is 0. The molecule has 2 heteroatoms. The molecule has 0 bridgehead atoms. The average molecular weight is 122 g/mol. The van der Waals surface area contributed by atoms with E-state index in [1.165, 1.54) is 0 Å². The number of hydrogen-bond donors (Lipinski definition) is 2. The Kier molecular flexibility index (Phi) is 1.96. The first-order valence-electron chi connectivity index (χ1n) is 2.91. The molecule has 0 aromatic carbocycles. The summed E-state index contributed by atoms with van der Waals surface area (Å²) >= 11 is 0. The molecule has 1 aliphatic rings. The maximum atomic E-state index is 3.04. The van der Waals surface area contributed by atoms with Gasteiger partial charge in [0.2, 0.25) is 0 Å². The van der Waals surface area contributed by atoms with Crippen LogP contribution in [0.1, 0.15) is 0 Å². The van der Waals surface area contributed by atoms with E-state index in [0.717, 1.165) is 5.82 Å². The zero-order chi connectivity index (χ0) is 6.53. The first-order chi connectivity index (χ1) is 4.43. The third-order valence-electron chi connectivity index (χ3n) is 1.09. The van der Waals surface area contributed by atoms with Gasteiger partial charge in [-0.1, -0.05) is 12.2 Å². The second-order valence-corrected chi connectivity index (χ2v) is 1.72. The van der Waals surface area contributed by atoms with E-state index >= 15 is 0 Å². The lowest BCUT2D eigenvalue weighted by molar-refractivity contribution is 0.873. The largest absolute Gasteiger partial charge is 0.375 e. The Bertz CT molecular complexity index is 166. The highest BCUT2D eigenvalue weighted by Gasteiger charge is 1.85. The van der Waals surface area contributed by atoms with Gasteiger partial charge in [-0.25, -0.2) is 0 Å². The lowest BCUT2D eigenvalue weighted by Gasteiger charge is -2.01. The summed E-state index contributed by atoms with van der Waals surface area (Å²) in [5.74, 6) is 1.01. The molecule has 0 aromatic heterocycles. The summed E-state index contributed by atoms with van der Waals surface area (Å²) in [5.41, 5.74) is 0. The lowest BCUT2D eigenvalue weighted by atomic mass is 10.5. The van der Waals surface area contributed by atoms with Gasteiger partial charge in [0.15, 0.2) is 0 Å². The summed E-state index contributed by atoms with van der Waals surface area (Å²) in [5, 5.41) is 6.03. The molecule has 1 heterocycles. The van der Waals surface area contributed by atoms with Crippen molar-refractivity contribution in [3.05, 3.63) is 36.3 Å². The van der Waals surface area contributed by atoms with Gasteiger partial charge in [-0.05, 0) is 12.2 Å². The van der Waals surface area contributed by atoms with Gasteiger partial charge in [-0.15, -0.1) is 0 Å². The molecule has 2 N–H and O–H groups in total. The predicted octanol–water partition coefficient (Wildman–Crippen LogP) is 0.720. The van der Waals surface area contributed by atoms with Crippen LogP contribution in [0, 0.1) is 0 Å². The number of allylic oxidation sites excluding steroid dienone is 4. The highest BCUT2D eigenvalue weighted by Crippen LogP contribution is 1.89. The normalized spacial score (nSPS) is 15.9. The van der Waals surface area contributed by atoms with E-state index in [-0.39, 0.29) is 0 Å². The van der Waals surface area contributed by atoms with Gasteiger partial charge in [0.05, 0.1) is 0 Å². The molecule has 48 valence electrons. The van der Waals surface area contributed by atoms with Crippen LogP contribution in [-0.4, -0.2) is 7.05 Å². The minimum Gasteiger partial charge on any atom is -0.375 e. The van der Waals surface area contributed by atoms with Crippen LogP contribution in [0.2, 0.25) is 0 Å². The number of rotatable bonds is 1. The number of hydrogen-bond acceptors (Lipinski definition) is 2. The van der Waals surface area contributed by atoms with Crippen LogP contribution in [-0.2, 0) is 0 Å². The fourth-order valence-corrected chi connectivity index (χ4v) is 0.613. The Balaban J connectivity index is 2.62. The maximum Gasteiger partial charge on any atom is 0.102 e. The van der Waals surface area contributed by atoms with Gasteiger partial charge in [-0.3, -0.25) is 0 Å². The van der Waals surface area contributed by atoms with E-state index < -0.39 is 0 Å². The standard InChI is InChI=1S/C7H10N2/c1-8-7-5-3-2-4-6-9-7/h2-6,8-9H,1H3. The monoisotopic (exact) mass is 122 g/mol. The number of nitrogens with one attached hydrogen (secondary N) is 2. The second-order valence-electron chi connectivity index (χ2n) is 1.72. The van der Waals surface area contributed by atoms with E-state index in [0.29, 0.717) is 0 Å². The lowest BCUT2D eigenvalue weighted by Crippen LogP contribution is -2.17. The molecule has 0 atom stereocenters. The molecule has 0 aliphatic carbocycles. The van der Waals surface area contributed by atoms with Crippen LogP contribution in [0.15, 0.2) is 36.3 Å². The van der Waals surface area contributed by atoms with Crippen molar-refractivity contribution in [1.29, 1.82) is 0 Å². The van der Waals surface area contributed by atoms with Crippen LogP contribution in [0.3, 0.4) is 0 Å². The van der Waals surface area contributed by atoms with Crippen molar-refractivity contribution in [3.8, 4) is 0 Å². The fraction of sp³-hybridized carbons (Fsp3) is 0.143. The molecule has 9 heavy (non-hydrogen) atoms. The topological polar surface area (TPSA) is 24.1 Å². The second kappa shape index (κ2) is 2.97. The van der Waals surface area contributed by atoms with E-state index in [4.69, 9.17) is 0 Å². The molecule has 0 spiro atoms. The highest BCUT2D eigenvalue weighted by molar-refractivity contribution is 5.19. The molecule has 2 nitrogen and oxygen atoms in total. The van der Waals surface area contributed by atoms with Crippen LogP contribution in [0.4, 0.5) is 0 Å². The van der Waals surface area contributed by atoms with E-state index in [1.807, 2.05) is 37.6 Å². The highest BCUT2D eigenvalue weighted by atomic mass is 15.1. The van der Waals surface area contributed by atoms with Crippen LogP contribution in [0.25, 0.3) is 0 Å². The Morgan fingerprint density at radius 1 is 1.33 bits per heavy atom. The van der Waals surface area contributed by atoms with Crippen LogP contribution in [0.5, 0.6) is 0 Å². The third kappa shape index (κ3) is 1.64. The quantitative estimate of drug-likeness (QED) is 0.535. The van der Waals surface area contributed by atoms with Crippen molar-refractivity contribution in [1.82, 2.24) is 10.6 Å². The van der Waals surface area contributed by atoms with Gasteiger partial charge in [-0.2, -0.15) is 0 Å². The fourth-order valence-electron chi connectivity index (χ4n) is 0.613. The summed E-state index contributed by atoms with van der Waals surface area (Å²) in [6.07, 6.45) is 9.74. The molecule has 0 radical (unpaired) electrons. The van der Waals surface area contributed by atoms with Crippen LogP contribution < -0.4 is 10.6 Å². The molecule has 1 rings (SSSR count). The van der Waals surface area contributed by atoms with Crippen molar-refractivity contribution in [3.63, 3.8) is 0 Å². The van der Waals surface area contributed by atoms with E-state index in [9.17, 15) is 0 Å². The average Bonchev–Trinajstić information content (AvgIpc) is 2.13. The van der Waals surface area contributed by atoms with Crippen LogP contribution >= 0.6 is 0 Å². The van der Waals surface area contributed by atoms with E-state index in [1.54, 1.807) is 0 Å². The molecule has 1 aliphatic heterocycles. The minimum atomic E-state index is 1.01. The van der Waals surface area contributed by atoms with E-state index in [2.05, 4.69) is 10.6 Å². The maximum absolute atomic E-state index is 3.04. The van der Waals surface area contributed by atoms with Crippen molar-refractivity contribution in [2.24, 2.45) is 0 Å². The summed E-state index contributed by atoms with van der Waals surface area (Å²) in [6.45, 7) is 0. The molecule has 0 amide bonds. The van der Waals surface area contributed by atoms with Gasteiger partial charge >= 0.3 is 0 Å². The molecular formula is C7H10N2. The van der Waals surface area contributed by atoms with Gasteiger partial charge in [0, 0.05) is 13.2 Å². The minimum absolute atomic E-state index is 1.01. The zero-order valence-corrected chi connectivity index (χ0v) is 5.39. The Morgan fingerprint density at radius 3 is 3.00 bits per heavy atom. The first-order valence-corrected chi connectivity index (χ1v) is 2.91. The SMILES string of the molecule is CNC1=CC=CC=CN1. The summed E-state index contributed by atoms with van der Waals surface area (Å²) in [7, 11) is 1.88. The predicted molar refractivity (Wildman–Crippen MR) is 38.6 cm³/mol. The summed E-state index contributed by atoms with van der Waals surface area (Å²) < 4.78 is 0. The Labute approximate surface area is 55.0 Å². The molecule has 0 fully saturated rings. The Hall–Kier alpha value is -1.18. The molecule has 0 saturated heterocycles. The molecular weight excluding hydrogens is 112 g/mol. The van der Waals surface area contributed by atoms with Crippen molar-refractivity contribution in [2.75, 3.05) is 7.05 Å². The smallest absolute Gasteiger partial charge is 0.102 e. The molecule has 0 aromatic rings. The van der Waals surface area contributed by atoms with Crippen molar-refractivity contribution < 1.29 is 0 Å². The summed E-state index contributed by atoms with van der Waals surface area (Å²) in [4.78, 5) is 0. The van der Waals surface area contributed by atoms with Crippen molar-refractivity contribution in [2.45, 2.75) is 0 Å². The Morgan fingerprint density at radius 2 is 2.22 bits per heavy atom.